The first-order chi connectivity index (χ1) is 12.1. The molecule has 1 aromatic carbocycles. The van der Waals surface area contributed by atoms with Crippen LogP contribution in [0.1, 0.15) is 12.8 Å². The fourth-order valence-electron chi connectivity index (χ4n) is 2.03. The lowest BCUT2D eigenvalue weighted by Crippen LogP contribution is -2.11. The zero-order valence-electron chi connectivity index (χ0n) is 13.0. The molecule has 3 aromatic rings. The zero-order chi connectivity index (χ0) is 17.6. The van der Waals surface area contributed by atoms with Gasteiger partial charge < -0.3 is 5.32 Å². The highest BCUT2D eigenvalue weighted by atomic mass is 79.9. The van der Waals surface area contributed by atoms with Gasteiger partial charge in [0.05, 0.1) is 14.4 Å². The molecule has 0 unspecified atom stereocenters. The van der Waals surface area contributed by atoms with Gasteiger partial charge in [-0.15, -0.1) is 34.4 Å². The summed E-state index contributed by atoms with van der Waals surface area (Å²) in [4.78, 5) is 18.8. The van der Waals surface area contributed by atoms with Gasteiger partial charge in [-0.25, -0.2) is 4.98 Å². The minimum atomic E-state index is 0.00460. The first-order valence-corrected chi connectivity index (χ1v) is 11.3. The Labute approximate surface area is 172 Å². The molecule has 3 nitrogen and oxygen atoms in total. The van der Waals surface area contributed by atoms with Crippen LogP contribution >= 0.6 is 62.0 Å². The van der Waals surface area contributed by atoms with Crippen molar-refractivity contribution < 1.29 is 4.79 Å². The van der Waals surface area contributed by atoms with E-state index >= 15 is 0 Å². The van der Waals surface area contributed by atoms with E-state index in [1.54, 1.807) is 23.1 Å². The summed E-state index contributed by atoms with van der Waals surface area (Å²) in [5.74, 6) is 0.895. The first-order valence-electron chi connectivity index (χ1n) is 7.49. The highest BCUT2D eigenvalue weighted by Gasteiger charge is 2.09. The van der Waals surface area contributed by atoms with Crippen LogP contribution in [0.3, 0.4) is 0 Å². The summed E-state index contributed by atoms with van der Waals surface area (Å²) in [6.45, 7) is 0. The van der Waals surface area contributed by atoms with E-state index in [1.807, 2.05) is 41.8 Å². The molecule has 0 aliphatic carbocycles. The molecule has 0 bridgehead atoms. The number of carbonyl (C=O) groups is 1. The topological polar surface area (TPSA) is 42.0 Å². The summed E-state index contributed by atoms with van der Waals surface area (Å²) in [5.41, 5.74) is 0.897. The fourth-order valence-corrected chi connectivity index (χ4v) is 5.16. The quantitative estimate of drug-likeness (QED) is 0.303. The molecule has 1 N–H and O–H groups in total. The van der Waals surface area contributed by atoms with Crippen molar-refractivity contribution in [2.45, 2.75) is 17.7 Å². The SMILES string of the molecule is O=C(CCCSc1ccc(Cl)cc1)Nc1nc(-c2ccc(Br)s2)cs1. The average Bonchev–Trinajstić information content (AvgIpc) is 3.22. The second-order valence-corrected chi connectivity index (χ2v) is 10.0. The molecule has 0 aliphatic rings. The molecule has 0 spiro atoms. The Morgan fingerprint density at radius 2 is 2.04 bits per heavy atom. The molecule has 8 heteroatoms. The fraction of sp³-hybridized carbons (Fsp3) is 0.176. The third-order valence-electron chi connectivity index (χ3n) is 3.21. The molecule has 0 fully saturated rings. The van der Waals surface area contributed by atoms with Crippen molar-refractivity contribution in [2.75, 3.05) is 11.1 Å². The second-order valence-electron chi connectivity index (χ2n) is 5.10. The third kappa shape index (κ3) is 5.82. The van der Waals surface area contributed by atoms with Crippen LogP contribution in [0.15, 0.2) is 50.5 Å². The second kappa shape index (κ2) is 9.19. The summed E-state index contributed by atoms with van der Waals surface area (Å²) in [7, 11) is 0. The number of hydrogen-bond donors (Lipinski definition) is 1. The third-order valence-corrected chi connectivity index (χ3v) is 6.96. The molecular weight excluding hydrogens is 460 g/mol. The maximum absolute atomic E-state index is 12.0. The normalized spacial score (nSPS) is 10.8. The van der Waals surface area contributed by atoms with Crippen molar-refractivity contribution in [2.24, 2.45) is 0 Å². The van der Waals surface area contributed by atoms with Gasteiger partial charge in [0.1, 0.15) is 0 Å². The van der Waals surface area contributed by atoms with E-state index < -0.39 is 0 Å². The number of halogens is 2. The number of benzene rings is 1. The van der Waals surface area contributed by atoms with Crippen molar-refractivity contribution >= 4 is 73.0 Å². The smallest absolute Gasteiger partial charge is 0.226 e. The first kappa shape index (κ1) is 18.9. The van der Waals surface area contributed by atoms with E-state index in [0.29, 0.717) is 11.6 Å². The van der Waals surface area contributed by atoms with Gasteiger partial charge in [0, 0.05) is 21.7 Å². The molecule has 0 aliphatic heterocycles. The monoisotopic (exact) mass is 472 g/mol. The summed E-state index contributed by atoms with van der Waals surface area (Å²) < 4.78 is 1.07. The van der Waals surface area contributed by atoms with Gasteiger partial charge in [0.15, 0.2) is 5.13 Å². The summed E-state index contributed by atoms with van der Waals surface area (Å²) >= 11 is 14.1. The molecule has 0 saturated heterocycles. The van der Waals surface area contributed by atoms with Gasteiger partial charge in [-0.1, -0.05) is 11.6 Å². The van der Waals surface area contributed by atoms with E-state index in [-0.39, 0.29) is 5.91 Å². The van der Waals surface area contributed by atoms with Gasteiger partial charge in [0.25, 0.3) is 0 Å². The highest BCUT2D eigenvalue weighted by Crippen LogP contribution is 2.33. The summed E-state index contributed by atoms with van der Waals surface area (Å²) in [6.07, 6.45) is 1.30. The van der Waals surface area contributed by atoms with Gasteiger partial charge in [-0.2, -0.15) is 0 Å². The minimum absolute atomic E-state index is 0.00460. The summed E-state index contributed by atoms with van der Waals surface area (Å²) in [6, 6.07) is 11.8. The number of nitrogens with zero attached hydrogens (tertiary/aromatic N) is 1. The lowest BCUT2D eigenvalue weighted by atomic mass is 10.3. The Bertz CT molecular complexity index is 848. The lowest BCUT2D eigenvalue weighted by molar-refractivity contribution is -0.116. The van der Waals surface area contributed by atoms with Gasteiger partial charge in [-0.05, 0) is 64.5 Å². The Hall–Kier alpha value is -0.860. The van der Waals surface area contributed by atoms with E-state index in [1.165, 1.54) is 11.3 Å². The Morgan fingerprint density at radius 1 is 1.24 bits per heavy atom. The highest BCUT2D eigenvalue weighted by molar-refractivity contribution is 9.11. The van der Waals surface area contributed by atoms with Gasteiger partial charge in [-0.3, -0.25) is 4.79 Å². The number of thiophene rings is 1. The number of nitrogens with one attached hydrogen (secondary N) is 1. The lowest BCUT2D eigenvalue weighted by Gasteiger charge is -2.03. The summed E-state index contributed by atoms with van der Waals surface area (Å²) in [5, 5.41) is 6.23. The molecule has 1 amide bonds. The number of amides is 1. The Morgan fingerprint density at radius 3 is 2.76 bits per heavy atom. The molecule has 2 aromatic heterocycles. The zero-order valence-corrected chi connectivity index (χ0v) is 17.8. The number of thioether (sulfide) groups is 1. The number of rotatable bonds is 7. The molecular formula is C17H14BrClN2OS3. The van der Waals surface area contributed by atoms with Crippen molar-refractivity contribution in [3.05, 3.63) is 50.6 Å². The van der Waals surface area contributed by atoms with E-state index in [2.05, 4.69) is 26.2 Å². The predicted octanol–water partition coefficient (Wildman–Crippen LogP) is 6.80. The van der Waals surface area contributed by atoms with Crippen molar-refractivity contribution in [3.8, 4) is 10.6 Å². The van der Waals surface area contributed by atoms with E-state index in [0.717, 1.165) is 36.4 Å². The van der Waals surface area contributed by atoms with Gasteiger partial charge >= 0.3 is 0 Å². The molecule has 0 radical (unpaired) electrons. The Kier molecular flexibility index (Phi) is 6.95. The largest absolute Gasteiger partial charge is 0.302 e. The molecule has 2 heterocycles. The van der Waals surface area contributed by atoms with E-state index in [4.69, 9.17) is 11.6 Å². The average molecular weight is 474 g/mol. The van der Waals surface area contributed by atoms with Gasteiger partial charge in [0.2, 0.25) is 5.91 Å². The number of hydrogen-bond acceptors (Lipinski definition) is 5. The molecule has 130 valence electrons. The number of thiazole rings is 1. The van der Waals surface area contributed by atoms with Crippen molar-refractivity contribution in [3.63, 3.8) is 0 Å². The minimum Gasteiger partial charge on any atom is -0.302 e. The molecule has 3 rings (SSSR count). The maximum Gasteiger partial charge on any atom is 0.226 e. The molecule has 0 saturated carbocycles. The van der Waals surface area contributed by atoms with Crippen LogP contribution in [0.25, 0.3) is 10.6 Å². The van der Waals surface area contributed by atoms with Crippen LogP contribution in [-0.4, -0.2) is 16.6 Å². The predicted molar refractivity (Wildman–Crippen MR) is 113 cm³/mol. The van der Waals surface area contributed by atoms with Crippen molar-refractivity contribution in [1.82, 2.24) is 4.98 Å². The van der Waals surface area contributed by atoms with E-state index in [9.17, 15) is 4.79 Å². The van der Waals surface area contributed by atoms with Crippen LogP contribution < -0.4 is 5.32 Å². The Balaban J connectivity index is 1.42. The van der Waals surface area contributed by atoms with Crippen LogP contribution in [0.5, 0.6) is 0 Å². The number of anilines is 1. The molecule has 25 heavy (non-hydrogen) atoms. The maximum atomic E-state index is 12.0. The standard InChI is InChI=1S/C17H14BrClN2OS3/c18-15-8-7-14(25-15)13-10-24-17(20-13)21-16(22)2-1-9-23-12-5-3-11(19)4-6-12/h3-8,10H,1-2,9H2,(H,20,21,22). The van der Waals surface area contributed by atoms with Crippen LogP contribution in [0.2, 0.25) is 5.02 Å². The van der Waals surface area contributed by atoms with Crippen LogP contribution in [0.4, 0.5) is 5.13 Å². The molecule has 0 atom stereocenters. The van der Waals surface area contributed by atoms with Crippen LogP contribution in [0, 0.1) is 0 Å². The number of carbonyl (C=O) groups excluding carboxylic acids is 1. The van der Waals surface area contributed by atoms with Crippen LogP contribution in [-0.2, 0) is 4.79 Å². The van der Waals surface area contributed by atoms with Crippen molar-refractivity contribution in [1.29, 1.82) is 0 Å². The number of aromatic nitrogens is 1.